The first-order chi connectivity index (χ1) is 14.1. The van der Waals surface area contributed by atoms with E-state index in [0.717, 1.165) is 27.7 Å². The van der Waals surface area contributed by atoms with Crippen molar-refractivity contribution in [3.8, 4) is 0 Å². The third-order valence-corrected chi connectivity index (χ3v) is 6.25. The SMILES string of the molecule is C=C(CC1=[N+](c2ccccc2)[C@@](O)(c2ccccc2)CS1)Nc1ccc(C)cc1. The Labute approximate surface area is 176 Å². The van der Waals surface area contributed by atoms with E-state index in [9.17, 15) is 5.11 Å². The number of anilines is 1. The van der Waals surface area contributed by atoms with Gasteiger partial charge in [-0.15, -0.1) is 0 Å². The van der Waals surface area contributed by atoms with Crippen molar-refractivity contribution in [3.63, 3.8) is 0 Å². The average molecular weight is 402 g/mol. The van der Waals surface area contributed by atoms with E-state index in [4.69, 9.17) is 0 Å². The molecule has 1 atom stereocenters. The van der Waals surface area contributed by atoms with Gasteiger partial charge in [-0.25, -0.2) is 0 Å². The van der Waals surface area contributed by atoms with E-state index in [0.29, 0.717) is 12.2 Å². The normalized spacial score (nSPS) is 18.7. The summed E-state index contributed by atoms with van der Waals surface area (Å²) in [7, 11) is 0. The molecule has 4 rings (SSSR count). The van der Waals surface area contributed by atoms with Gasteiger partial charge in [0.1, 0.15) is 5.75 Å². The lowest BCUT2D eigenvalue weighted by Gasteiger charge is -2.20. The Balaban J connectivity index is 1.67. The Morgan fingerprint density at radius 1 is 1.00 bits per heavy atom. The second-order valence-corrected chi connectivity index (χ2v) is 8.36. The molecule has 1 heterocycles. The minimum Gasteiger partial charge on any atom is -0.359 e. The van der Waals surface area contributed by atoms with Crippen LogP contribution in [0.1, 0.15) is 17.5 Å². The molecule has 146 valence electrons. The summed E-state index contributed by atoms with van der Waals surface area (Å²) in [6.07, 6.45) is 0.641. The Morgan fingerprint density at radius 3 is 2.28 bits per heavy atom. The van der Waals surface area contributed by atoms with Gasteiger partial charge in [-0.2, -0.15) is 4.58 Å². The maximum Gasteiger partial charge on any atom is 0.307 e. The number of allylic oxidation sites excluding steroid dienone is 1. The van der Waals surface area contributed by atoms with Crippen LogP contribution in [0.5, 0.6) is 0 Å². The van der Waals surface area contributed by atoms with Crippen LogP contribution in [-0.2, 0) is 5.72 Å². The Morgan fingerprint density at radius 2 is 1.62 bits per heavy atom. The molecule has 0 spiro atoms. The van der Waals surface area contributed by atoms with Gasteiger partial charge in [-0.05, 0) is 31.2 Å². The van der Waals surface area contributed by atoms with Crippen LogP contribution in [0.25, 0.3) is 0 Å². The zero-order chi connectivity index (χ0) is 20.3. The number of aryl methyl sites for hydroxylation is 1. The number of benzene rings is 3. The molecule has 29 heavy (non-hydrogen) atoms. The van der Waals surface area contributed by atoms with Crippen molar-refractivity contribution >= 4 is 28.2 Å². The van der Waals surface area contributed by atoms with Crippen LogP contribution in [0.4, 0.5) is 11.4 Å². The van der Waals surface area contributed by atoms with Crippen molar-refractivity contribution < 1.29 is 9.68 Å². The van der Waals surface area contributed by atoms with Crippen molar-refractivity contribution in [2.45, 2.75) is 19.1 Å². The Bertz CT molecular complexity index is 1030. The minimum absolute atomic E-state index is 0.569. The topological polar surface area (TPSA) is 35.3 Å². The number of nitrogens with one attached hydrogen (secondary N) is 1. The van der Waals surface area contributed by atoms with Gasteiger partial charge in [0.2, 0.25) is 10.7 Å². The molecule has 0 aliphatic carbocycles. The zero-order valence-corrected chi connectivity index (χ0v) is 17.3. The Kier molecular flexibility index (Phi) is 5.56. The summed E-state index contributed by atoms with van der Waals surface area (Å²) in [4.78, 5) is 0. The quantitative estimate of drug-likeness (QED) is 0.524. The number of thioether (sulfide) groups is 1. The fraction of sp³-hybridized carbons (Fsp3) is 0.160. The molecule has 1 aliphatic heterocycles. The molecule has 0 saturated carbocycles. The van der Waals surface area contributed by atoms with Crippen molar-refractivity contribution in [2.75, 3.05) is 11.1 Å². The third-order valence-electron chi connectivity index (χ3n) is 5.05. The first-order valence-electron chi connectivity index (χ1n) is 9.69. The van der Waals surface area contributed by atoms with Crippen molar-refractivity contribution in [1.29, 1.82) is 0 Å². The van der Waals surface area contributed by atoms with Crippen molar-refractivity contribution in [3.05, 3.63) is 108 Å². The second-order valence-electron chi connectivity index (χ2n) is 7.31. The molecule has 0 aromatic heterocycles. The molecule has 0 unspecified atom stereocenters. The van der Waals surface area contributed by atoms with E-state index < -0.39 is 5.72 Å². The highest BCUT2D eigenvalue weighted by Crippen LogP contribution is 2.40. The van der Waals surface area contributed by atoms with Gasteiger partial charge < -0.3 is 10.4 Å². The van der Waals surface area contributed by atoms with Gasteiger partial charge in [0.15, 0.2) is 0 Å². The Hall–Kier alpha value is -2.82. The summed E-state index contributed by atoms with van der Waals surface area (Å²) in [5.74, 6) is 0.569. The van der Waals surface area contributed by atoms with Gasteiger partial charge in [0, 0.05) is 23.5 Å². The summed E-state index contributed by atoms with van der Waals surface area (Å²) < 4.78 is 2.05. The van der Waals surface area contributed by atoms with Gasteiger partial charge in [0.05, 0.1) is 12.0 Å². The molecule has 0 amide bonds. The molecule has 0 bridgehead atoms. The fourth-order valence-electron chi connectivity index (χ4n) is 3.57. The lowest BCUT2D eigenvalue weighted by atomic mass is 10.0. The molecule has 0 radical (unpaired) electrons. The van der Waals surface area contributed by atoms with E-state index >= 15 is 0 Å². The molecule has 3 nitrogen and oxygen atoms in total. The van der Waals surface area contributed by atoms with Crippen LogP contribution in [0.2, 0.25) is 0 Å². The fourth-order valence-corrected chi connectivity index (χ4v) is 4.89. The van der Waals surface area contributed by atoms with Crippen LogP contribution in [0.3, 0.4) is 0 Å². The zero-order valence-electron chi connectivity index (χ0n) is 16.5. The minimum atomic E-state index is -1.09. The first kappa shape index (κ1) is 19.5. The number of hydrogen-bond donors (Lipinski definition) is 2. The highest BCUT2D eigenvalue weighted by atomic mass is 32.2. The van der Waals surface area contributed by atoms with Gasteiger partial charge >= 0.3 is 5.72 Å². The summed E-state index contributed by atoms with van der Waals surface area (Å²) in [6.45, 7) is 6.31. The summed E-state index contributed by atoms with van der Waals surface area (Å²) >= 11 is 1.68. The molecule has 1 aliphatic rings. The standard InChI is InChI=1S/C25H25N2OS/c1-19-13-15-22(16-14-19)26-20(2)17-24-27(23-11-7-4-8-12-23)25(28,18-29-24)21-9-5-3-6-10-21/h3-16,26,28H,2,17-18H2,1H3/q+1/t25-/m0/s1. The van der Waals surface area contributed by atoms with Crippen molar-refractivity contribution in [2.24, 2.45) is 0 Å². The summed E-state index contributed by atoms with van der Waals surface area (Å²) in [6, 6.07) is 28.2. The van der Waals surface area contributed by atoms with Crippen LogP contribution in [0, 0.1) is 6.92 Å². The van der Waals surface area contributed by atoms with Crippen molar-refractivity contribution in [1.82, 2.24) is 0 Å². The highest BCUT2D eigenvalue weighted by molar-refractivity contribution is 8.13. The van der Waals surface area contributed by atoms with E-state index in [-0.39, 0.29) is 0 Å². The number of rotatable bonds is 6. The van der Waals surface area contributed by atoms with E-state index in [2.05, 4.69) is 47.7 Å². The molecule has 0 fully saturated rings. The molecule has 4 heteroatoms. The van der Waals surface area contributed by atoms with E-state index in [1.165, 1.54) is 5.56 Å². The first-order valence-corrected chi connectivity index (χ1v) is 10.7. The van der Waals surface area contributed by atoms with Gasteiger partial charge in [0.25, 0.3) is 0 Å². The van der Waals surface area contributed by atoms with Crippen LogP contribution < -0.4 is 5.32 Å². The molecular formula is C25H25N2OS+. The molecule has 2 N–H and O–H groups in total. The van der Waals surface area contributed by atoms with Crippen LogP contribution >= 0.6 is 11.8 Å². The predicted octanol–water partition coefficient (Wildman–Crippen LogP) is 5.65. The average Bonchev–Trinajstić information content (AvgIpc) is 3.08. The molecule has 3 aromatic rings. The molecular weight excluding hydrogens is 376 g/mol. The second kappa shape index (κ2) is 8.27. The van der Waals surface area contributed by atoms with E-state index in [1.54, 1.807) is 11.8 Å². The lowest BCUT2D eigenvalue weighted by Crippen LogP contribution is -2.37. The number of hydrogen-bond acceptors (Lipinski definition) is 3. The number of para-hydroxylation sites is 1. The lowest BCUT2D eigenvalue weighted by molar-refractivity contribution is -0.593. The maximum atomic E-state index is 11.7. The largest absolute Gasteiger partial charge is 0.359 e. The molecule has 3 aromatic carbocycles. The highest BCUT2D eigenvalue weighted by Gasteiger charge is 2.50. The van der Waals surface area contributed by atoms with Gasteiger partial charge in [-0.3, -0.25) is 0 Å². The third kappa shape index (κ3) is 4.14. The monoisotopic (exact) mass is 401 g/mol. The molecule has 0 saturated heterocycles. The van der Waals surface area contributed by atoms with Gasteiger partial charge in [-0.1, -0.05) is 72.4 Å². The van der Waals surface area contributed by atoms with Crippen LogP contribution in [-0.4, -0.2) is 20.5 Å². The summed E-state index contributed by atoms with van der Waals surface area (Å²) in [5, 5.41) is 16.2. The maximum absolute atomic E-state index is 11.7. The number of aliphatic hydroxyl groups is 1. The van der Waals surface area contributed by atoms with Crippen LogP contribution in [0.15, 0.2) is 97.2 Å². The van der Waals surface area contributed by atoms with E-state index in [1.807, 2.05) is 60.7 Å². The predicted molar refractivity (Wildman–Crippen MR) is 123 cm³/mol. The number of nitrogens with zero attached hydrogens (tertiary/aromatic N) is 1. The summed E-state index contributed by atoms with van der Waals surface area (Å²) in [5.41, 5.74) is 3.92. The smallest absolute Gasteiger partial charge is 0.307 e.